The molecule has 0 spiro atoms. The van der Waals surface area contributed by atoms with Gasteiger partial charge in [-0.2, -0.15) is 0 Å². The molecular weight excluding hydrogens is 324 g/mol. The Morgan fingerprint density at radius 2 is 1.77 bits per heavy atom. The molecule has 0 radical (unpaired) electrons. The predicted octanol–water partition coefficient (Wildman–Crippen LogP) is 6.18. The number of hydrogen-bond donors (Lipinski definition) is 0. The van der Waals surface area contributed by atoms with E-state index in [0.29, 0.717) is 13.0 Å². The summed E-state index contributed by atoms with van der Waals surface area (Å²) in [5, 5.41) is 2.28. The van der Waals surface area contributed by atoms with Gasteiger partial charge < -0.3 is 9.47 Å². The van der Waals surface area contributed by atoms with Crippen LogP contribution in [0, 0.1) is 0 Å². The first kappa shape index (κ1) is 18.5. The second-order valence-corrected chi connectivity index (χ2v) is 6.85. The van der Waals surface area contributed by atoms with Crippen molar-refractivity contribution in [1.29, 1.82) is 0 Å². The molecule has 1 atom stereocenters. The van der Waals surface area contributed by atoms with Gasteiger partial charge in [-0.25, -0.2) is 0 Å². The van der Waals surface area contributed by atoms with Crippen molar-refractivity contribution in [3.8, 4) is 0 Å². The minimum Gasteiger partial charge on any atom is -0.493 e. The molecule has 26 heavy (non-hydrogen) atoms. The molecule has 3 rings (SSSR count). The maximum atomic E-state index is 12.3. The highest BCUT2D eigenvalue weighted by Crippen LogP contribution is 2.39. The normalized spacial score (nSPS) is 15.6. The lowest BCUT2D eigenvalue weighted by Crippen LogP contribution is -2.14. The van der Waals surface area contributed by atoms with E-state index in [2.05, 4.69) is 44.2 Å². The van der Waals surface area contributed by atoms with E-state index < -0.39 is 0 Å². The largest absolute Gasteiger partial charge is 0.493 e. The Kier molecular flexibility index (Phi) is 6.32. The van der Waals surface area contributed by atoms with E-state index >= 15 is 0 Å². The van der Waals surface area contributed by atoms with Crippen molar-refractivity contribution in [2.24, 2.45) is 0 Å². The zero-order valence-corrected chi connectivity index (χ0v) is 15.8. The molecule has 3 nitrogen and oxygen atoms in total. The second-order valence-electron chi connectivity index (χ2n) is 6.85. The highest BCUT2D eigenvalue weighted by atomic mass is 16.5. The molecule has 0 saturated carbocycles. The third-order valence-electron chi connectivity index (χ3n) is 4.81. The lowest BCUT2D eigenvalue weighted by atomic mass is 9.90. The summed E-state index contributed by atoms with van der Waals surface area (Å²) in [4.78, 5) is 12.3. The summed E-state index contributed by atoms with van der Waals surface area (Å²) >= 11 is 0. The Morgan fingerprint density at radius 1 is 1.00 bits per heavy atom. The van der Waals surface area contributed by atoms with Crippen LogP contribution >= 0.6 is 0 Å². The van der Waals surface area contributed by atoms with Crippen LogP contribution < -0.4 is 0 Å². The van der Waals surface area contributed by atoms with Gasteiger partial charge in [0.25, 0.3) is 0 Å². The smallest absolute Gasteiger partial charge is 0.306 e. The monoisotopic (exact) mass is 352 g/mol. The summed E-state index contributed by atoms with van der Waals surface area (Å²) in [6.45, 7) is 4.96. The van der Waals surface area contributed by atoms with Crippen molar-refractivity contribution in [3.63, 3.8) is 0 Å². The van der Waals surface area contributed by atoms with E-state index in [1.807, 2.05) is 12.1 Å². The van der Waals surface area contributed by atoms with Crippen LogP contribution in [0.15, 0.2) is 42.5 Å². The minimum absolute atomic E-state index is 0.135. The molecule has 1 aliphatic carbocycles. The summed E-state index contributed by atoms with van der Waals surface area (Å²) in [6.07, 6.45) is 7.19. The molecule has 0 fully saturated rings. The molecule has 0 bridgehead atoms. The Labute approximate surface area is 156 Å². The van der Waals surface area contributed by atoms with E-state index in [9.17, 15) is 4.79 Å². The Hall–Kier alpha value is -2.29. The van der Waals surface area contributed by atoms with E-state index in [1.54, 1.807) is 0 Å². The molecule has 0 aromatic heterocycles. The molecule has 0 amide bonds. The maximum Gasteiger partial charge on any atom is 0.306 e. The molecule has 1 aliphatic rings. The number of unbranched alkanes of at least 4 members (excludes halogenated alkanes) is 3. The summed E-state index contributed by atoms with van der Waals surface area (Å²) < 4.78 is 11.9. The van der Waals surface area contributed by atoms with Gasteiger partial charge in [0, 0.05) is 23.6 Å². The minimum atomic E-state index is -0.376. The molecule has 138 valence electrons. The van der Waals surface area contributed by atoms with Crippen LogP contribution in [0.4, 0.5) is 0 Å². The van der Waals surface area contributed by atoms with Crippen LogP contribution in [0.3, 0.4) is 0 Å². The van der Waals surface area contributed by atoms with Gasteiger partial charge in [0.1, 0.15) is 11.9 Å². The van der Waals surface area contributed by atoms with Gasteiger partial charge in [-0.15, -0.1) is 0 Å². The Bertz CT molecular complexity index is 786. The molecule has 2 aromatic carbocycles. The highest BCUT2D eigenvalue weighted by molar-refractivity contribution is 5.97. The molecule has 3 heteroatoms. The van der Waals surface area contributed by atoms with Gasteiger partial charge in [-0.05, 0) is 23.6 Å². The van der Waals surface area contributed by atoms with Crippen molar-refractivity contribution in [3.05, 3.63) is 53.6 Å². The average molecular weight is 352 g/mol. The third-order valence-corrected chi connectivity index (χ3v) is 4.81. The van der Waals surface area contributed by atoms with Crippen LogP contribution in [0.2, 0.25) is 0 Å². The van der Waals surface area contributed by atoms with Crippen LogP contribution in [-0.2, 0) is 14.3 Å². The highest BCUT2D eigenvalue weighted by Gasteiger charge is 2.25. The fourth-order valence-corrected chi connectivity index (χ4v) is 3.40. The number of carbonyl (C=O) groups is 1. The number of carbonyl (C=O) groups excluding carboxylic acids is 1. The fourth-order valence-electron chi connectivity index (χ4n) is 3.40. The van der Waals surface area contributed by atoms with E-state index in [0.717, 1.165) is 59.8 Å². The van der Waals surface area contributed by atoms with Gasteiger partial charge in [0.2, 0.25) is 0 Å². The first-order valence-electron chi connectivity index (χ1n) is 9.80. The molecule has 0 N–H and O–H groups in total. The number of esters is 1. The SMILES string of the molecule is CCCCCC(=O)OC1C=C(OCCCC)c2cccc3cccc1c23. The van der Waals surface area contributed by atoms with E-state index in [1.165, 1.54) is 0 Å². The van der Waals surface area contributed by atoms with Crippen molar-refractivity contribution in [2.75, 3.05) is 6.61 Å². The lowest BCUT2D eigenvalue weighted by Gasteiger charge is -2.25. The van der Waals surface area contributed by atoms with Gasteiger partial charge in [0.05, 0.1) is 6.61 Å². The summed E-state index contributed by atoms with van der Waals surface area (Å²) in [6, 6.07) is 12.4. The quantitative estimate of drug-likeness (QED) is 0.399. The van der Waals surface area contributed by atoms with Gasteiger partial charge in [-0.1, -0.05) is 69.5 Å². The van der Waals surface area contributed by atoms with E-state index in [4.69, 9.17) is 9.47 Å². The predicted molar refractivity (Wildman–Crippen MR) is 106 cm³/mol. The summed E-state index contributed by atoms with van der Waals surface area (Å²) in [7, 11) is 0. The first-order chi connectivity index (χ1) is 12.7. The maximum absolute atomic E-state index is 12.3. The van der Waals surface area contributed by atoms with E-state index in [-0.39, 0.29) is 12.1 Å². The first-order valence-corrected chi connectivity index (χ1v) is 9.80. The third kappa shape index (κ3) is 4.09. The van der Waals surface area contributed by atoms with Crippen LogP contribution in [-0.4, -0.2) is 12.6 Å². The zero-order valence-electron chi connectivity index (χ0n) is 15.8. The molecule has 0 heterocycles. The summed E-state index contributed by atoms with van der Waals surface area (Å²) in [5.41, 5.74) is 2.14. The Morgan fingerprint density at radius 3 is 2.54 bits per heavy atom. The van der Waals surface area contributed by atoms with Gasteiger partial charge >= 0.3 is 5.97 Å². The van der Waals surface area contributed by atoms with Crippen LogP contribution in [0.1, 0.15) is 69.6 Å². The number of rotatable bonds is 9. The summed E-state index contributed by atoms with van der Waals surface area (Å²) in [5.74, 6) is 0.693. The topological polar surface area (TPSA) is 35.5 Å². The fraction of sp³-hybridized carbons (Fsp3) is 0.435. The molecule has 0 saturated heterocycles. The van der Waals surface area contributed by atoms with Crippen molar-refractivity contribution in [1.82, 2.24) is 0 Å². The van der Waals surface area contributed by atoms with Crippen molar-refractivity contribution >= 4 is 22.5 Å². The van der Waals surface area contributed by atoms with Crippen LogP contribution in [0.5, 0.6) is 0 Å². The number of ether oxygens (including phenoxy) is 2. The van der Waals surface area contributed by atoms with Crippen LogP contribution in [0.25, 0.3) is 16.5 Å². The van der Waals surface area contributed by atoms with Gasteiger partial charge in [-0.3, -0.25) is 4.79 Å². The Balaban J connectivity index is 1.88. The van der Waals surface area contributed by atoms with Crippen molar-refractivity contribution < 1.29 is 14.3 Å². The lowest BCUT2D eigenvalue weighted by molar-refractivity contribution is -0.147. The van der Waals surface area contributed by atoms with Gasteiger partial charge in [0.15, 0.2) is 0 Å². The number of benzene rings is 2. The molecule has 0 aliphatic heterocycles. The standard InChI is InChI=1S/C23H28O3/c1-3-5-7-14-22(24)26-21-16-20(25-15-6-4-2)18-12-8-10-17-11-9-13-19(21)23(17)18/h8-13,16,21H,3-7,14-15H2,1-2H3. The van der Waals surface area contributed by atoms with Crippen molar-refractivity contribution in [2.45, 2.75) is 58.5 Å². The number of hydrogen-bond acceptors (Lipinski definition) is 3. The zero-order chi connectivity index (χ0) is 18.4. The second kappa shape index (κ2) is 8.88. The molecular formula is C23H28O3. The average Bonchev–Trinajstić information content (AvgIpc) is 2.65. The molecule has 2 aromatic rings. The molecule has 1 unspecified atom stereocenters.